The van der Waals surface area contributed by atoms with Gasteiger partial charge in [0.2, 0.25) is 0 Å². The summed E-state index contributed by atoms with van der Waals surface area (Å²) in [6, 6.07) is 3.70. The van der Waals surface area contributed by atoms with E-state index < -0.39 is 0 Å². The standard InChI is InChI=1S/C13H20N2O2/c1-4-15(11(3)13(16)17-5-2)10-12-6-8-14-9-7-12/h6-9,11H,4-5,10H2,1-3H3/t11-/m0/s1. The van der Waals surface area contributed by atoms with E-state index in [4.69, 9.17) is 4.74 Å². The van der Waals surface area contributed by atoms with Crippen LogP contribution in [0.25, 0.3) is 0 Å². The first-order chi connectivity index (χ1) is 8.19. The summed E-state index contributed by atoms with van der Waals surface area (Å²) in [6.45, 7) is 7.71. The largest absolute Gasteiger partial charge is 0.465 e. The lowest BCUT2D eigenvalue weighted by Gasteiger charge is -2.26. The Morgan fingerprint density at radius 3 is 2.59 bits per heavy atom. The smallest absolute Gasteiger partial charge is 0.323 e. The van der Waals surface area contributed by atoms with Crippen LogP contribution in [0.3, 0.4) is 0 Å². The second-order valence-electron chi connectivity index (χ2n) is 3.85. The van der Waals surface area contributed by atoms with Crippen LogP contribution in [0.15, 0.2) is 24.5 Å². The highest BCUT2D eigenvalue weighted by Gasteiger charge is 2.20. The third-order valence-electron chi connectivity index (χ3n) is 2.72. The Morgan fingerprint density at radius 2 is 2.06 bits per heavy atom. The molecule has 0 aliphatic heterocycles. The maximum Gasteiger partial charge on any atom is 0.323 e. The van der Waals surface area contributed by atoms with Crippen molar-refractivity contribution in [3.63, 3.8) is 0 Å². The van der Waals surface area contributed by atoms with Crippen LogP contribution in [0.1, 0.15) is 26.3 Å². The van der Waals surface area contributed by atoms with E-state index in [1.165, 1.54) is 0 Å². The number of ether oxygens (including phenoxy) is 1. The molecule has 0 bridgehead atoms. The van der Waals surface area contributed by atoms with Gasteiger partial charge in [-0.15, -0.1) is 0 Å². The van der Waals surface area contributed by atoms with Crippen molar-refractivity contribution in [2.24, 2.45) is 0 Å². The predicted molar refractivity (Wildman–Crippen MR) is 66.4 cm³/mol. The lowest BCUT2D eigenvalue weighted by atomic mass is 10.2. The van der Waals surface area contributed by atoms with Crippen molar-refractivity contribution >= 4 is 5.97 Å². The fourth-order valence-corrected chi connectivity index (χ4v) is 1.66. The number of nitrogens with zero attached hydrogens (tertiary/aromatic N) is 2. The van der Waals surface area contributed by atoms with Gasteiger partial charge in [-0.05, 0) is 38.1 Å². The Kier molecular flexibility index (Phi) is 5.63. The number of carbonyl (C=O) groups is 1. The molecule has 0 saturated carbocycles. The first-order valence-corrected chi connectivity index (χ1v) is 5.98. The van der Waals surface area contributed by atoms with Gasteiger partial charge in [-0.1, -0.05) is 6.92 Å². The van der Waals surface area contributed by atoms with Gasteiger partial charge >= 0.3 is 5.97 Å². The molecule has 1 aromatic rings. The van der Waals surface area contributed by atoms with Gasteiger partial charge in [0.1, 0.15) is 6.04 Å². The van der Waals surface area contributed by atoms with Crippen LogP contribution in [-0.4, -0.2) is 35.0 Å². The lowest BCUT2D eigenvalue weighted by molar-refractivity contribution is -0.149. The Bertz CT molecular complexity index is 341. The molecule has 4 nitrogen and oxygen atoms in total. The molecule has 0 spiro atoms. The van der Waals surface area contributed by atoms with Crippen molar-refractivity contribution in [1.29, 1.82) is 0 Å². The van der Waals surface area contributed by atoms with E-state index in [9.17, 15) is 4.79 Å². The summed E-state index contributed by atoms with van der Waals surface area (Å²) in [5.74, 6) is -0.164. The van der Waals surface area contributed by atoms with Crippen LogP contribution in [-0.2, 0) is 16.1 Å². The Balaban J connectivity index is 2.62. The van der Waals surface area contributed by atoms with Gasteiger partial charge < -0.3 is 4.74 Å². The van der Waals surface area contributed by atoms with Gasteiger partial charge in [-0.25, -0.2) is 0 Å². The zero-order valence-electron chi connectivity index (χ0n) is 10.7. The molecule has 0 saturated heterocycles. The molecule has 94 valence electrons. The molecule has 0 aliphatic rings. The monoisotopic (exact) mass is 236 g/mol. The van der Waals surface area contributed by atoms with E-state index in [2.05, 4.69) is 9.88 Å². The minimum Gasteiger partial charge on any atom is -0.465 e. The summed E-state index contributed by atoms with van der Waals surface area (Å²) >= 11 is 0. The predicted octanol–water partition coefficient (Wildman–Crippen LogP) is 1.86. The highest BCUT2D eigenvalue weighted by atomic mass is 16.5. The van der Waals surface area contributed by atoms with Crippen molar-refractivity contribution in [2.75, 3.05) is 13.2 Å². The Labute approximate surface area is 103 Å². The number of carbonyl (C=O) groups excluding carboxylic acids is 1. The van der Waals surface area contributed by atoms with Crippen molar-refractivity contribution in [2.45, 2.75) is 33.4 Å². The summed E-state index contributed by atoms with van der Waals surface area (Å²) < 4.78 is 5.03. The number of likely N-dealkylation sites (N-methyl/N-ethyl adjacent to an activating group) is 1. The van der Waals surface area contributed by atoms with E-state index in [-0.39, 0.29) is 12.0 Å². The molecule has 0 aromatic carbocycles. The van der Waals surface area contributed by atoms with Crippen LogP contribution in [0, 0.1) is 0 Å². The van der Waals surface area contributed by atoms with Crippen LogP contribution >= 0.6 is 0 Å². The second-order valence-corrected chi connectivity index (χ2v) is 3.85. The third-order valence-corrected chi connectivity index (χ3v) is 2.72. The quantitative estimate of drug-likeness (QED) is 0.707. The third kappa shape index (κ3) is 4.15. The van der Waals surface area contributed by atoms with Gasteiger partial charge in [0.25, 0.3) is 0 Å². The van der Waals surface area contributed by atoms with Crippen LogP contribution in [0.2, 0.25) is 0 Å². The Morgan fingerprint density at radius 1 is 1.41 bits per heavy atom. The lowest BCUT2D eigenvalue weighted by Crippen LogP contribution is -2.39. The highest BCUT2D eigenvalue weighted by molar-refractivity contribution is 5.75. The Hall–Kier alpha value is -1.42. The molecule has 1 rings (SSSR count). The zero-order valence-corrected chi connectivity index (χ0v) is 10.7. The number of esters is 1. The average molecular weight is 236 g/mol. The molecule has 1 heterocycles. The number of pyridine rings is 1. The first kappa shape index (κ1) is 13.6. The SMILES string of the molecule is CCOC(=O)[C@H](C)N(CC)Cc1ccncc1. The molecule has 0 radical (unpaired) electrons. The summed E-state index contributed by atoms with van der Waals surface area (Å²) in [7, 11) is 0. The first-order valence-electron chi connectivity index (χ1n) is 5.98. The summed E-state index contributed by atoms with van der Waals surface area (Å²) in [4.78, 5) is 17.7. The van der Waals surface area contributed by atoms with Gasteiger partial charge in [0, 0.05) is 18.9 Å². The maximum absolute atomic E-state index is 11.7. The summed E-state index contributed by atoms with van der Waals surface area (Å²) in [5, 5.41) is 0. The molecule has 1 aromatic heterocycles. The zero-order chi connectivity index (χ0) is 12.7. The highest BCUT2D eigenvalue weighted by Crippen LogP contribution is 2.08. The van der Waals surface area contributed by atoms with Crippen LogP contribution in [0.5, 0.6) is 0 Å². The van der Waals surface area contributed by atoms with E-state index in [0.717, 1.165) is 18.7 Å². The van der Waals surface area contributed by atoms with Gasteiger partial charge in [0.15, 0.2) is 0 Å². The average Bonchev–Trinajstić information content (AvgIpc) is 2.36. The topological polar surface area (TPSA) is 42.4 Å². The summed E-state index contributed by atoms with van der Waals surface area (Å²) in [6.07, 6.45) is 3.52. The van der Waals surface area contributed by atoms with Crippen molar-refractivity contribution in [1.82, 2.24) is 9.88 Å². The molecule has 0 N–H and O–H groups in total. The molecule has 1 atom stereocenters. The van der Waals surface area contributed by atoms with E-state index in [1.807, 2.05) is 32.9 Å². The van der Waals surface area contributed by atoms with Crippen LogP contribution < -0.4 is 0 Å². The molecule has 17 heavy (non-hydrogen) atoms. The van der Waals surface area contributed by atoms with Gasteiger partial charge in [0.05, 0.1) is 6.61 Å². The van der Waals surface area contributed by atoms with Crippen LogP contribution in [0.4, 0.5) is 0 Å². The number of hydrogen-bond acceptors (Lipinski definition) is 4. The number of rotatable bonds is 6. The van der Waals surface area contributed by atoms with Crippen molar-refractivity contribution in [3.8, 4) is 0 Å². The van der Waals surface area contributed by atoms with E-state index >= 15 is 0 Å². The molecule has 0 fully saturated rings. The molecule has 0 aliphatic carbocycles. The fraction of sp³-hybridized carbons (Fsp3) is 0.538. The summed E-state index contributed by atoms with van der Waals surface area (Å²) in [5.41, 5.74) is 1.15. The number of aromatic nitrogens is 1. The minimum atomic E-state index is -0.215. The normalized spacial score (nSPS) is 12.5. The van der Waals surface area contributed by atoms with E-state index in [0.29, 0.717) is 6.61 Å². The molecule has 4 heteroatoms. The fourth-order valence-electron chi connectivity index (χ4n) is 1.66. The van der Waals surface area contributed by atoms with Crippen molar-refractivity contribution < 1.29 is 9.53 Å². The van der Waals surface area contributed by atoms with Gasteiger partial charge in [-0.2, -0.15) is 0 Å². The molecular weight excluding hydrogens is 216 g/mol. The minimum absolute atomic E-state index is 0.164. The number of hydrogen-bond donors (Lipinski definition) is 0. The van der Waals surface area contributed by atoms with E-state index in [1.54, 1.807) is 12.4 Å². The molecule has 0 amide bonds. The van der Waals surface area contributed by atoms with Gasteiger partial charge in [-0.3, -0.25) is 14.7 Å². The molecular formula is C13H20N2O2. The second kappa shape index (κ2) is 7.01. The maximum atomic E-state index is 11.7. The van der Waals surface area contributed by atoms with Crippen molar-refractivity contribution in [3.05, 3.63) is 30.1 Å². The molecule has 0 unspecified atom stereocenters.